The fourth-order valence-corrected chi connectivity index (χ4v) is 1.11. The Morgan fingerprint density at radius 1 is 1.58 bits per heavy atom. The summed E-state index contributed by atoms with van der Waals surface area (Å²) in [5.74, 6) is 0.178. The Balaban J connectivity index is 2.67. The highest BCUT2D eigenvalue weighted by atomic mass is 35.5. The van der Waals surface area contributed by atoms with Crippen molar-refractivity contribution in [3.05, 3.63) is 29.2 Å². The first-order valence-electron chi connectivity index (χ1n) is 3.36. The first kappa shape index (κ1) is 7.49. The molecule has 3 nitrogen and oxygen atoms in total. The van der Waals surface area contributed by atoms with Crippen LogP contribution in [0.3, 0.4) is 0 Å². The van der Waals surface area contributed by atoms with Gasteiger partial charge in [-0.05, 0) is 6.07 Å². The Morgan fingerprint density at radius 3 is 3.17 bits per heavy atom. The zero-order valence-electron chi connectivity index (χ0n) is 6.04. The fourth-order valence-electron chi connectivity index (χ4n) is 0.959. The molecule has 2 rings (SSSR count). The molecule has 12 heavy (non-hydrogen) atoms. The molecule has 0 unspecified atom stereocenters. The van der Waals surface area contributed by atoms with E-state index in [1.165, 1.54) is 4.52 Å². The van der Waals surface area contributed by atoms with Crippen molar-refractivity contribution in [1.29, 1.82) is 0 Å². The van der Waals surface area contributed by atoms with Crippen molar-refractivity contribution in [1.82, 2.24) is 14.6 Å². The average Bonchev–Trinajstić information content (AvgIpc) is 2.46. The molecule has 5 heteroatoms. The molecule has 0 bridgehead atoms. The van der Waals surface area contributed by atoms with Crippen molar-refractivity contribution >= 4 is 17.2 Å². The predicted octanol–water partition coefficient (Wildman–Crippen LogP) is 1.85. The monoisotopic (exact) mass is 185 g/mol. The van der Waals surface area contributed by atoms with Crippen molar-refractivity contribution in [2.75, 3.05) is 0 Å². The molecule has 0 amide bonds. The second kappa shape index (κ2) is 2.71. The van der Waals surface area contributed by atoms with Crippen LogP contribution in [0.4, 0.5) is 4.39 Å². The van der Waals surface area contributed by atoms with E-state index in [-0.39, 0.29) is 5.82 Å². The molecule has 62 valence electrons. The fraction of sp³-hybridized carbons (Fsp3) is 0.143. The lowest BCUT2D eigenvalue weighted by Crippen LogP contribution is -1.85. The van der Waals surface area contributed by atoms with Gasteiger partial charge in [-0.25, -0.2) is 13.9 Å². The van der Waals surface area contributed by atoms with Crippen molar-refractivity contribution in [3.63, 3.8) is 0 Å². The molecule has 0 N–H and O–H groups in total. The lowest BCUT2D eigenvalue weighted by molar-refractivity contribution is 0.465. The SMILES string of the molecule is FCc1nc2cc(Cl)ccn2n1. The molecule has 0 saturated heterocycles. The molecular weight excluding hydrogens is 181 g/mol. The van der Waals surface area contributed by atoms with Crippen LogP contribution in [0.1, 0.15) is 5.82 Å². The topological polar surface area (TPSA) is 30.2 Å². The van der Waals surface area contributed by atoms with E-state index in [2.05, 4.69) is 10.1 Å². The zero-order chi connectivity index (χ0) is 8.55. The van der Waals surface area contributed by atoms with Crippen LogP contribution in [0, 0.1) is 0 Å². The van der Waals surface area contributed by atoms with E-state index in [9.17, 15) is 4.39 Å². The van der Waals surface area contributed by atoms with Crippen molar-refractivity contribution in [2.24, 2.45) is 0 Å². The number of hydrogen-bond donors (Lipinski definition) is 0. The molecule has 0 aliphatic rings. The summed E-state index contributed by atoms with van der Waals surface area (Å²) in [5.41, 5.74) is 0.565. The number of hydrogen-bond acceptors (Lipinski definition) is 2. The van der Waals surface area contributed by atoms with Gasteiger partial charge >= 0.3 is 0 Å². The van der Waals surface area contributed by atoms with Gasteiger partial charge < -0.3 is 0 Å². The maximum absolute atomic E-state index is 12.1. The van der Waals surface area contributed by atoms with Gasteiger partial charge in [-0.15, -0.1) is 5.10 Å². The molecule has 2 heterocycles. The highest BCUT2D eigenvalue weighted by Gasteiger charge is 2.01. The third-order valence-corrected chi connectivity index (χ3v) is 1.70. The van der Waals surface area contributed by atoms with Crippen LogP contribution in [-0.2, 0) is 6.67 Å². The third-order valence-electron chi connectivity index (χ3n) is 1.46. The molecule has 2 aromatic rings. The number of aromatic nitrogens is 3. The van der Waals surface area contributed by atoms with E-state index in [1.54, 1.807) is 18.3 Å². The van der Waals surface area contributed by atoms with Gasteiger partial charge in [-0.2, -0.15) is 0 Å². The van der Waals surface area contributed by atoms with Gasteiger partial charge in [0.15, 0.2) is 18.1 Å². The van der Waals surface area contributed by atoms with E-state index < -0.39 is 6.67 Å². The van der Waals surface area contributed by atoms with Crippen molar-refractivity contribution in [2.45, 2.75) is 6.67 Å². The quantitative estimate of drug-likeness (QED) is 0.679. The predicted molar refractivity (Wildman–Crippen MR) is 42.8 cm³/mol. The van der Waals surface area contributed by atoms with Gasteiger partial charge in [-0.3, -0.25) is 0 Å². The zero-order valence-corrected chi connectivity index (χ0v) is 6.79. The van der Waals surface area contributed by atoms with Gasteiger partial charge in [0.1, 0.15) is 0 Å². The van der Waals surface area contributed by atoms with E-state index in [1.807, 2.05) is 0 Å². The second-order valence-corrected chi connectivity index (χ2v) is 2.75. The largest absolute Gasteiger partial charge is 0.242 e. The minimum atomic E-state index is -0.653. The Labute approximate surface area is 72.8 Å². The molecular formula is C7H5ClFN3. The molecule has 0 aromatic carbocycles. The maximum Gasteiger partial charge on any atom is 0.182 e. The van der Waals surface area contributed by atoms with E-state index in [0.717, 1.165) is 0 Å². The minimum Gasteiger partial charge on any atom is -0.242 e. The van der Waals surface area contributed by atoms with E-state index in [4.69, 9.17) is 11.6 Å². The van der Waals surface area contributed by atoms with Gasteiger partial charge in [0.05, 0.1) is 0 Å². The molecule has 0 fully saturated rings. The highest BCUT2D eigenvalue weighted by Crippen LogP contribution is 2.10. The smallest absolute Gasteiger partial charge is 0.182 e. The average molecular weight is 186 g/mol. The van der Waals surface area contributed by atoms with Gasteiger partial charge in [0, 0.05) is 17.3 Å². The van der Waals surface area contributed by atoms with Crippen LogP contribution in [-0.4, -0.2) is 14.6 Å². The summed E-state index contributed by atoms with van der Waals surface area (Å²) in [4.78, 5) is 3.88. The van der Waals surface area contributed by atoms with E-state index in [0.29, 0.717) is 10.7 Å². The van der Waals surface area contributed by atoms with E-state index >= 15 is 0 Å². The maximum atomic E-state index is 12.1. The van der Waals surface area contributed by atoms with Crippen molar-refractivity contribution in [3.8, 4) is 0 Å². The van der Waals surface area contributed by atoms with Crippen LogP contribution in [0.25, 0.3) is 5.65 Å². The first-order valence-corrected chi connectivity index (χ1v) is 3.74. The number of alkyl halides is 1. The molecule has 0 saturated carbocycles. The number of rotatable bonds is 1. The molecule has 0 atom stereocenters. The minimum absolute atomic E-state index is 0.178. The summed E-state index contributed by atoms with van der Waals surface area (Å²) >= 11 is 5.70. The summed E-state index contributed by atoms with van der Waals surface area (Å²) < 4.78 is 13.6. The third kappa shape index (κ3) is 1.14. The summed E-state index contributed by atoms with van der Waals surface area (Å²) in [7, 11) is 0. The highest BCUT2D eigenvalue weighted by molar-refractivity contribution is 6.30. The normalized spacial score (nSPS) is 10.8. The first-order chi connectivity index (χ1) is 5.79. The second-order valence-electron chi connectivity index (χ2n) is 2.31. The number of halogens is 2. The number of nitrogens with zero attached hydrogens (tertiary/aromatic N) is 3. The molecule has 2 aromatic heterocycles. The summed E-state index contributed by atoms with van der Waals surface area (Å²) in [6, 6.07) is 3.30. The Hall–Kier alpha value is -1.16. The Kier molecular flexibility index (Phi) is 1.69. The summed E-state index contributed by atoms with van der Waals surface area (Å²) in [6.07, 6.45) is 1.64. The van der Waals surface area contributed by atoms with Crippen LogP contribution < -0.4 is 0 Å². The summed E-state index contributed by atoms with van der Waals surface area (Å²) in [5, 5.41) is 4.41. The Morgan fingerprint density at radius 2 is 2.42 bits per heavy atom. The molecule has 0 spiro atoms. The molecule has 0 aliphatic carbocycles. The standard InChI is InChI=1S/C7H5ClFN3/c8-5-1-2-12-7(3-5)10-6(4-9)11-12/h1-3H,4H2. The van der Waals surface area contributed by atoms with Gasteiger partial charge in [-0.1, -0.05) is 11.6 Å². The lowest BCUT2D eigenvalue weighted by atomic mass is 10.5. The summed E-state index contributed by atoms with van der Waals surface area (Å²) in [6.45, 7) is -0.653. The van der Waals surface area contributed by atoms with Gasteiger partial charge in [0.2, 0.25) is 0 Å². The van der Waals surface area contributed by atoms with Gasteiger partial charge in [0.25, 0.3) is 0 Å². The molecule has 0 aliphatic heterocycles. The van der Waals surface area contributed by atoms with Crippen LogP contribution in [0.2, 0.25) is 5.02 Å². The number of fused-ring (bicyclic) bond motifs is 1. The van der Waals surface area contributed by atoms with Crippen LogP contribution in [0.15, 0.2) is 18.3 Å². The number of pyridine rings is 1. The molecule has 0 radical (unpaired) electrons. The lowest BCUT2D eigenvalue weighted by Gasteiger charge is -1.89. The van der Waals surface area contributed by atoms with Crippen LogP contribution in [0.5, 0.6) is 0 Å². The van der Waals surface area contributed by atoms with Crippen LogP contribution >= 0.6 is 11.6 Å². The Bertz CT molecular complexity index is 412. The van der Waals surface area contributed by atoms with Crippen molar-refractivity contribution < 1.29 is 4.39 Å².